The molecule has 1 aromatic heterocycles. The second-order valence-corrected chi connectivity index (χ2v) is 5.76. The number of halogens is 2. The molecule has 0 radical (unpaired) electrons. The minimum atomic E-state index is -0.207. The Labute approximate surface area is 125 Å². The van der Waals surface area contributed by atoms with Gasteiger partial charge in [0.1, 0.15) is 0 Å². The van der Waals surface area contributed by atoms with Crippen LogP contribution in [0.5, 0.6) is 0 Å². The topological polar surface area (TPSA) is 55.1 Å². The number of amides is 1. The number of nitrogens with two attached hydrogens (primary N) is 1. The van der Waals surface area contributed by atoms with Crippen molar-refractivity contribution in [1.29, 1.82) is 0 Å². The molecule has 6 heteroatoms. The molecular formula is C13H12Cl2N2OS. The van der Waals surface area contributed by atoms with Gasteiger partial charge in [0.15, 0.2) is 0 Å². The zero-order valence-electron chi connectivity index (χ0n) is 9.95. The summed E-state index contributed by atoms with van der Waals surface area (Å²) in [6.45, 7) is 0.569. The van der Waals surface area contributed by atoms with E-state index in [4.69, 9.17) is 28.9 Å². The lowest BCUT2D eigenvalue weighted by Gasteiger charge is -2.07. The second-order valence-electron chi connectivity index (χ2n) is 3.95. The maximum absolute atomic E-state index is 11.9. The van der Waals surface area contributed by atoms with Gasteiger partial charge in [-0.1, -0.05) is 29.3 Å². The summed E-state index contributed by atoms with van der Waals surface area (Å²) in [5, 5.41) is 5.39. The van der Waals surface area contributed by atoms with Gasteiger partial charge in [-0.2, -0.15) is 0 Å². The maximum atomic E-state index is 11.9. The Morgan fingerprint density at radius 2 is 2.16 bits per heavy atom. The summed E-state index contributed by atoms with van der Waals surface area (Å²) >= 11 is 13.4. The van der Waals surface area contributed by atoms with Crippen molar-refractivity contribution < 1.29 is 4.79 Å². The van der Waals surface area contributed by atoms with Crippen molar-refractivity contribution in [3.63, 3.8) is 0 Å². The van der Waals surface area contributed by atoms with Crippen molar-refractivity contribution in [2.75, 3.05) is 12.3 Å². The van der Waals surface area contributed by atoms with E-state index in [0.717, 1.165) is 6.42 Å². The molecule has 0 atom stereocenters. The van der Waals surface area contributed by atoms with E-state index in [1.165, 1.54) is 17.0 Å². The van der Waals surface area contributed by atoms with Gasteiger partial charge in [-0.25, -0.2) is 0 Å². The molecule has 1 amide bonds. The Morgan fingerprint density at radius 1 is 1.37 bits per heavy atom. The Balaban J connectivity index is 1.96. The minimum absolute atomic E-state index is 0.207. The molecule has 0 bridgehead atoms. The third kappa shape index (κ3) is 3.62. The van der Waals surface area contributed by atoms with Gasteiger partial charge >= 0.3 is 0 Å². The number of anilines is 1. The summed E-state index contributed by atoms with van der Waals surface area (Å²) in [7, 11) is 0. The summed E-state index contributed by atoms with van der Waals surface area (Å²) < 4.78 is 0. The van der Waals surface area contributed by atoms with Crippen LogP contribution in [0.15, 0.2) is 29.6 Å². The van der Waals surface area contributed by atoms with Crippen molar-refractivity contribution >= 4 is 46.1 Å². The molecule has 3 N–H and O–H groups in total. The lowest BCUT2D eigenvalue weighted by molar-refractivity contribution is 0.0954. The van der Waals surface area contributed by atoms with E-state index in [2.05, 4.69) is 5.32 Å². The Bertz CT molecular complexity index is 561. The molecule has 0 fully saturated rings. The maximum Gasteiger partial charge on any atom is 0.251 e. The van der Waals surface area contributed by atoms with Crippen molar-refractivity contribution in [3.8, 4) is 0 Å². The number of hydrogen-bond donors (Lipinski definition) is 2. The summed E-state index contributed by atoms with van der Waals surface area (Å²) in [5.41, 5.74) is 6.39. The SMILES string of the molecule is Nc1cc(C(=O)NCCc2cccs2)cc(Cl)c1Cl. The lowest BCUT2D eigenvalue weighted by atomic mass is 10.2. The highest BCUT2D eigenvalue weighted by molar-refractivity contribution is 7.09. The first-order valence-electron chi connectivity index (χ1n) is 5.63. The number of hydrogen-bond acceptors (Lipinski definition) is 3. The van der Waals surface area contributed by atoms with E-state index in [1.807, 2.05) is 17.5 Å². The predicted octanol–water partition coefficient (Wildman–Crippen LogP) is 3.61. The van der Waals surface area contributed by atoms with E-state index in [-0.39, 0.29) is 16.0 Å². The van der Waals surface area contributed by atoms with Gasteiger partial charge in [-0.05, 0) is 30.0 Å². The molecule has 0 saturated carbocycles. The molecule has 2 rings (SSSR count). The molecule has 0 saturated heterocycles. The zero-order chi connectivity index (χ0) is 13.8. The Morgan fingerprint density at radius 3 is 2.79 bits per heavy atom. The summed E-state index contributed by atoms with van der Waals surface area (Å²) in [6, 6.07) is 7.06. The Kier molecular flexibility index (Phi) is 4.69. The first kappa shape index (κ1) is 14.2. The quantitative estimate of drug-likeness (QED) is 0.847. The number of carbonyl (C=O) groups is 1. The van der Waals surface area contributed by atoms with Crippen LogP contribution in [0.3, 0.4) is 0 Å². The van der Waals surface area contributed by atoms with Crippen LogP contribution in [0.4, 0.5) is 5.69 Å². The molecule has 19 heavy (non-hydrogen) atoms. The number of benzene rings is 1. The van der Waals surface area contributed by atoms with E-state index in [0.29, 0.717) is 17.8 Å². The van der Waals surface area contributed by atoms with Crippen LogP contribution in [0, 0.1) is 0 Å². The number of thiophene rings is 1. The van der Waals surface area contributed by atoms with Crippen LogP contribution in [0.25, 0.3) is 0 Å². The number of nitrogens with one attached hydrogen (secondary N) is 1. The number of rotatable bonds is 4. The van der Waals surface area contributed by atoms with Gasteiger partial charge in [-0.15, -0.1) is 11.3 Å². The fourth-order valence-electron chi connectivity index (χ4n) is 1.60. The van der Waals surface area contributed by atoms with Gasteiger partial charge in [0, 0.05) is 17.0 Å². The second kappa shape index (κ2) is 6.28. The van der Waals surface area contributed by atoms with Gasteiger partial charge in [0.2, 0.25) is 0 Å². The third-order valence-electron chi connectivity index (χ3n) is 2.56. The van der Waals surface area contributed by atoms with Crippen molar-refractivity contribution in [3.05, 3.63) is 50.1 Å². The molecule has 2 aromatic rings. The predicted molar refractivity (Wildman–Crippen MR) is 81.2 cm³/mol. The molecule has 1 aromatic carbocycles. The van der Waals surface area contributed by atoms with Crippen molar-refractivity contribution in [2.45, 2.75) is 6.42 Å². The highest BCUT2D eigenvalue weighted by Gasteiger charge is 2.10. The van der Waals surface area contributed by atoms with Gasteiger partial charge in [-0.3, -0.25) is 4.79 Å². The highest BCUT2D eigenvalue weighted by Crippen LogP contribution is 2.29. The van der Waals surface area contributed by atoms with Crippen molar-refractivity contribution in [1.82, 2.24) is 5.32 Å². The molecular weight excluding hydrogens is 303 g/mol. The monoisotopic (exact) mass is 314 g/mol. The zero-order valence-corrected chi connectivity index (χ0v) is 12.3. The van der Waals surface area contributed by atoms with Crippen LogP contribution in [0.2, 0.25) is 10.0 Å². The summed E-state index contributed by atoms with van der Waals surface area (Å²) in [5.74, 6) is -0.207. The summed E-state index contributed by atoms with van der Waals surface area (Å²) in [6.07, 6.45) is 0.806. The first-order valence-corrected chi connectivity index (χ1v) is 7.26. The van der Waals surface area contributed by atoms with Crippen molar-refractivity contribution in [2.24, 2.45) is 0 Å². The smallest absolute Gasteiger partial charge is 0.251 e. The molecule has 1 heterocycles. The van der Waals surface area contributed by atoms with Gasteiger partial charge in [0.05, 0.1) is 15.7 Å². The fraction of sp³-hybridized carbons (Fsp3) is 0.154. The van der Waals surface area contributed by atoms with E-state index in [9.17, 15) is 4.79 Å². The van der Waals surface area contributed by atoms with Crippen LogP contribution in [0.1, 0.15) is 15.2 Å². The van der Waals surface area contributed by atoms with Crippen LogP contribution >= 0.6 is 34.5 Å². The Hall–Kier alpha value is -1.23. The minimum Gasteiger partial charge on any atom is -0.397 e. The van der Waals surface area contributed by atoms with Crippen LogP contribution in [-0.4, -0.2) is 12.5 Å². The van der Waals surface area contributed by atoms with Crippen LogP contribution < -0.4 is 11.1 Å². The summed E-state index contributed by atoms with van der Waals surface area (Å²) in [4.78, 5) is 13.2. The standard InChI is InChI=1S/C13H12Cl2N2OS/c14-10-6-8(7-11(16)12(10)15)13(18)17-4-3-9-2-1-5-19-9/h1-2,5-7H,3-4,16H2,(H,17,18). The van der Waals surface area contributed by atoms with Crippen LogP contribution in [-0.2, 0) is 6.42 Å². The third-order valence-corrected chi connectivity index (χ3v) is 4.31. The fourth-order valence-corrected chi connectivity index (χ4v) is 2.64. The van der Waals surface area contributed by atoms with Gasteiger partial charge < -0.3 is 11.1 Å². The average Bonchev–Trinajstić information content (AvgIpc) is 2.88. The lowest BCUT2D eigenvalue weighted by Crippen LogP contribution is -2.25. The molecule has 0 aliphatic heterocycles. The molecule has 0 spiro atoms. The molecule has 0 aliphatic carbocycles. The average molecular weight is 315 g/mol. The first-order chi connectivity index (χ1) is 9.08. The van der Waals surface area contributed by atoms with E-state index >= 15 is 0 Å². The normalized spacial score (nSPS) is 10.4. The van der Waals surface area contributed by atoms with Gasteiger partial charge in [0.25, 0.3) is 5.91 Å². The number of carbonyl (C=O) groups excluding carboxylic acids is 1. The molecule has 0 aliphatic rings. The van der Waals surface area contributed by atoms with E-state index in [1.54, 1.807) is 11.3 Å². The number of nitrogen functional groups attached to an aromatic ring is 1. The molecule has 100 valence electrons. The highest BCUT2D eigenvalue weighted by atomic mass is 35.5. The van der Waals surface area contributed by atoms with E-state index < -0.39 is 0 Å². The molecule has 0 unspecified atom stereocenters. The largest absolute Gasteiger partial charge is 0.397 e. The molecule has 3 nitrogen and oxygen atoms in total.